The summed E-state index contributed by atoms with van der Waals surface area (Å²) in [5.41, 5.74) is -0.695. The van der Waals surface area contributed by atoms with E-state index in [9.17, 15) is 18.0 Å². The molecule has 1 aliphatic heterocycles. The van der Waals surface area contributed by atoms with E-state index < -0.39 is 33.8 Å². The van der Waals surface area contributed by atoms with E-state index in [1.165, 1.54) is 12.0 Å². The van der Waals surface area contributed by atoms with E-state index in [-0.39, 0.29) is 25.5 Å². The summed E-state index contributed by atoms with van der Waals surface area (Å²) in [6.07, 6.45) is 0.581. The number of hydrogen-bond donors (Lipinski definition) is 0. The highest BCUT2D eigenvalue weighted by atomic mass is 32.2. The van der Waals surface area contributed by atoms with Crippen LogP contribution in [0.5, 0.6) is 0 Å². The number of esters is 1. The summed E-state index contributed by atoms with van der Waals surface area (Å²) in [5, 5.41) is 0. The highest BCUT2D eigenvalue weighted by molar-refractivity contribution is 7.85. The van der Waals surface area contributed by atoms with Crippen LogP contribution < -0.4 is 0 Å². The lowest BCUT2D eigenvalue weighted by atomic mass is 10.1. The summed E-state index contributed by atoms with van der Waals surface area (Å²) in [6, 6.07) is -0.798. The molecule has 1 rings (SSSR count). The number of nitrogens with zero attached hydrogens (tertiary/aromatic N) is 1. The lowest BCUT2D eigenvalue weighted by Gasteiger charge is -2.27. The van der Waals surface area contributed by atoms with Gasteiger partial charge in [0.05, 0.1) is 20.0 Å². The van der Waals surface area contributed by atoms with Gasteiger partial charge in [-0.1, -0.05) is 0 Å². The molecular formula is C13H23NO7S. The summed E-state index contributed by atoms with van der Waals surface area (Å²) in [5.74, 6) is -0.848. The molecule has 0 bridgehead atoms. The Balaban J connectivity index is 2.79. The SMILES string of the molecule is COC(=O)[C@@H]1C[C@@H](COS(C)(=O)=O)CN1C(=O)OC(C)(C)C. The molecule has 1 amide bonds. The maximum atomic E-state index is 12.2. The first-order valence-electron chi connectivity index (χ1n) is 6.85. The van der Waals surface area contributed by atoms with E-state index in [2.05, 4.69) is 0 Å². The first-order valence-corrected chi connectivity index (χ1v) is 8.66. The normalized spacial score (nSPS) is 22.5. The van der Waals surface area contributed by atoms with Crippen LogP contribution >= 0.6 is 0 Å². The van der Waals surface area contributed by atoms with Gasteiger partial charge >= 0.3 is 12.1 Å². The summed E-state index contributed by atoms with van der Waals surface area (Å²) in [6.45, 7) is 5.24. The number of amides is 1. The molecule has 0 spiro atoms. The predicted octanol–water partition coefficient (Wildman–Crippen LogP) is 0.761. The number of methoxy groups -OCH3 is 1. The lowest BCUT2D eigenvalue weighted by Crippen LogP contribution is -2.43. The van der Waals surface area contributed by atoms with Crippen molar-refractivity contribution in [1.29, 1.82) is 0 Å². The van der Waals surface area contributed by atoms with Crippen molar-refractivity contribution < 1.29 is 31.7 Å². The van der Waals surface area contributed by atoms with Crippen LogP contribution in [0.4, 0.5) is 4.79 Å². The molecular weight excluding hydrogens is 314 g/mol. The van der Waals surface area contributed by atoms with Crippen molar-refractivity contribution in [2.45, 2.75) is 38.8 Å². The summed E-state index contributed by atoms with van der Waals surface area (Å²) >= 11 is 0. The molecule has 22 heavy (non-hydrogen) atoms. The summed E-state index contributed by atoms with van der Waals surface area (Å²) < 4.78 is 36.8. The molecule has 8 nitrogen and oxygen atoms in total. The van der Waals surface area contributed by atoms with Crippen molar-refractivity contribution >= 4 is 22.2 Å². The molecule has 1 fully saturated rings. The minimum atomic E-state index is -3.57. The molecule has 0 radical (unpaired) electrons. The zero-order chi connectivity index (χ0) is 17.1. The van der Waals surface area contributed by atoms with Crippen LogP contribution in [0.15, 0.2) is 0 Å². The Bertz CT molecular complexity index is 523. The molecule has 1 heterocycles. The Morgan fingerprint density at radius 3 is 2.32 bits per heavy atom. The first-order chi connectivity index (χ1) is 9.93. The third-order valence-electron chi connectivity index (χ3n) is 3.01. The van der Waals surface area contributed by atoms with E-state index in [0.717, 1.165) is 6.26 Å². The van der Waals surface area contributed by atoms with Crippen LogP contribution in [-0.2, 0) is 28.6 Å². The van der Waals surface area contributed by atoms with Gasteiger partial charge in [0, 0.05) is 12.5 Å². The van der Waals surface area contributed by atoms with Gasteiger partial charge in [-0.3, -0.25) is 9.08 Å². The molecule has 0 saturated carbocycles. The van der Waals surface area contributed by atoms with E-state index in [0.29, 0.717) is 0 Å². The van der Waals surface area contributed by atoms with Crippen LogP contribution in [0.2, 0.25) is 0 Å². The Morgan fingerprint density at radius 1 is 1.27 bits per heavy atom. The van der Waals surface area contributed by atoms with Crippen molar-refractivity contribution in [2.24, 2.45) is 5.92 Å². The van der Waals surface area contributed by atoms with Gasteiger partial charge in [-0.05, 0) is 27.2 Å². The molecule has 0 aromatic rings. The van der Waals surface area contributed by atoms with Crippen LogP contribution in [0.3, 0.4) is 0 Å². The van der Waals surface area contributed by atoms with Crippen molar-refractivity contribution in [2.75, 3.05) is 26.5 Å². The van der Waals surface area contributed by atoms with Crippen molar-refractivity contribution in [3.05, 3.63) is 0 Å². The highest BCUT2D eigenvalue weighted by Crippen LogP contribution is 2.27. The number of hydrogen-bond acceptors (Lipinski definition) is 7. The van der Waals surface area contributed by atoms with E-state index in [1.54, 1.807) is 20.8 Å². The third kappa shape index (κ3) is 5.80. The number of rotatable bonds is 4. The average molecular weight is 337 g/mol. The van der Waals surface area contributed by atoms with Crippen LogP contribution in [0, 0.1) is 5.92 Å². The molecule has 0 aliphatic carbocycles. The van der Waals surface area contributed by atoms with E-state index in [1.807, 2.05) is 0 Å². The first kappa shape index (κ1) is 18.7. The molecule has 0 aromatic carbocycles. The van der Waals surface area contributed by atoms with Crippen molar-refractivity contribution in [1.82, 2.24) is 4.90 Å². The summed E-state index contributed by atoms with van der Waals surface area (Å²) in [7, 11) is -2.34. The van der Waals surface area contributed by atoms with Gasteiger partial charge in [0.1, 0.15) is 11.6 Å². The average Bonchev–Trinajstić information content (AvgIpc) is 2.77. The Labute approximate surface area is 130 Å². The smallest absolute Gasteiger partial charge is 0.411 e. The van der Waals surface area contributed by atoms with Gasteiger partial charge in [-0.15, -0.1) is 0 Å². The molecule has 1 saturated heterocycles. The molecule has 2 atom stereocenters. The minimum absolute atomic E-state index is 0.0916. The van der Waals surface area contributed by atoms with Gasteiger partial charge in [0.25, 0.3) is 10.1 Å². The monoisotopic (exact) mass is 337 g/mol. The summed E-state index contributed by atoms with van der Waals surface area (Å²) in [4.78, 5) is 25.2. The van der Waals surface area contributed by atoms with E-state index in [4.69, 9.17) is 13.7 Å². The van der Waals surface area contributed by atoms with Crippen molar-refractivity contribution in [3.63, 3.8) is 0 Å². The lowest BCUT2D eigenvalue weighted by molar-refractivity contribution is -0.145. The third-order valence-corrected chi connectivity index (χ3v) is 3.57. The standard InChI is InChI=1S/C13H23NO7S/c1-13(2,3)21-12(16)14-7-9(8-20-22(5,17)18)6-10(14)11(15)19-4/h9-10H,6-8H2,1-5H3/t9-,10+/m1/s1. The number of ether oxygens (including phenoxy) is 2. The maximum Gasteiger partial charge on any atom is 0.411 e. The molecule has 0 unspecified atom stereocenters. The molecule has 9 heteroatoms. The molecule has 0 aromatic heterocycles. The maximum absolute atomic E-state index is 12.2. The number of likely N-dealkylation sites (tertiary alicyclic amines) is 1. The minimum Gasteiger partial charge on any atom is -0.467 e. The Morgan fingerprint density at radius 2 is 1.86 bits per heavy atom. The Kier molecular flexibility index (Phi) is 5.80. The second kappa shape index (κ2) is 6.82. The topological polar surface area (TPSA) is 99.2 Å². The van der Waals surface area contributed by atoms with Crippen LogP contribution in [-0.4, -0.2) is 63.5 Å². The number of carbonyl (C=O) groups is 2. The second-order valence-electron chi connectivity index (χ2n) is 6.26. The van der Waals surface area contributed by atoms with Crippen molar-refractivity contribution in [3.8, 4) is 0 Å². The fourth-order valence-electron chi connectivity index (χ4n) is 2.15. The van der Waals surface area contributed by atoms with Gasteiger partial charge in [-0.25, -0.2) is 9.59 Å². The van der Waals surface area contributed by atoms with Crippen LogP contribution in [0.25, 0.3) is 0 Å². The second-order valence-corrected chi connectivity index (χ2v) is 7.91. The predicted molar refractivity (Wildman–Crippen MR) is 77.6 cm³/mol. The fraction of sp³-hybridized carbons (Fsp3) is 0.846. The number of carbonyl (C=O) groups excluding carboxylic acids is 2. The van der Waals surface area contributed by atoms with Gasteiger partial charge in [0.2, 0.25) is 0 Å². The van der Waals surface area contributed by atoms with Gasteiger partial charge in [-0.2, -0.15) is 8.42 Å². The van der Waals surface area contributed by atoms with Gasteiger partial charge in [0.15, 0.2) is 0 Å². The van der Waals surface area contributed by atoms with E-state index >= 15 is 0 Å². The molecule has 128 valence electrons. The zero-order valence-corrected chi connectivity index (χ0v) is 14.3. The highest BCUT2D eigenvalue weighted by Gasteiger charge is 2.42. The quantitative estimate of drug-likeness (QED) is 0.551. The fourth-order valence-corrected chi connectivity index (χ4v) is 2.58. The van der Waals surface area contributed by atoms with Gasteiger partial charge < -0.3 is 9.47 Å². The molecule has 1 aliphatic rings. The Hall–Kier alpha value is -1.35. The van der Waals surface area contributed by atoms with Crippen LogP contribution in [0.1, 0.15) is 27.2 Å². The largest absolute Gasteiger partial charge is 0.467 e. The molecule has 0 N–H and O–H groups in total. The zero-order valence-electron chi connectivity index (χ0n) is 13.5.